The SMILES string of the molecule is COc1cc2c3c(C#C[Si](C)(C)C)nccc3n(C(=O)O)c2cc1OCCCN(C)C. The zero-order chi connectivity index (χ0) is 22.8. The summed E-state index contributed by atoms with van der Waals surface area (Å²) in [6.45, 7) is 7.86. The van der Waals surface area contributed by atoms with E-state index in [1.54, 1.807) is 25.4 Å². The number of hydrogen-bond donors (Lipinski definition) is 1. The third kappa shape index (κ3) is 5.01. The summed E-state index contributed by atoms with van der Waals surface area (Å²) in [4.78, 5) is 18.7. The van der Waals surface area contributed by atoms with Crippen LogP contribution in [0.15, 0.2) is 24.4 Å². The molecule has 0 bridgehead atoms. The lowest BCUT2D eigenvalue weighted by Gasteiger charge is -2.13. The van der Waals surface area contributed by atoms with Gasteiger partial charge in [-0.15, -0.1) is 5.54 Å². The summed E-state index contributed by atoms with van der Waals surface area (Å²) < 4.78 is 12.8. The molecule has 2 aromatic heterocycles. The van der Waals surface area contributed by atoms with Gasteiger partial charge < -0.3 is 19.5 Å². The largest absolute Gasteiger partial charge is 0.493 e. The molecule has 2 heterocycles. The molecule has 0 unspecified atom stereocenters. The van der Waals surface area contributed by atoms with E-state index >= 15 is 0 Å². The molecular formula is C23H29N3O4Si. The highest BCUT2D eigenvalue weighted by Gasteiger charge is 2.21. The van der Waals surface area contributed by atoms with Gasteiger partial charge in [-0.25, -0.2) is 14.3 Å². The molecule has 0 aliphatic carbocycles. The van der Waals surface area contributed by atoms with Crippen molar-refractivity contribution in [2.24, 2.45) is 0 Å². The summed E-state index contributed by atoms with van der Waals surface area (Å²) in [5.41, 5.74) is 4.97. The monoisotopic (exact) mass is 439 g/mol. The number of nitrogens with zero attached hydrogens (tertiary/aromatic N) is 3. The Morgan fingerprint density at radius 3 is 2.58 bits per heavy atom. The van der Waals surface area contributed by atoms with Crippen LogP contribution < -0.4 is 9.47 Å². The Balaban J connectivity index is 2.21. The average Bonchev–Trinajstić information content (AvgIpc) is 3.02. The van der Waals surface area contributed by atoms with Crippen LogP contribution in [0.2, 0.25) is 19.6 Å². The standard InChI is InChI=1S/C23H29N3O4Si/c1-25(2)11-7-12-30-21-15-19-16(14-20(21)29-3)22-17(9-13-31(4,5)6)24-10-8-18(22)26(19)23(27)28/h8,10,14-15H,7,11-12H2,1-6H3,(H,27,28). The van der Waals surface area contributed by atoms with Crippen LogP contribution in [0.1, 0.15) is 12.1 Å². The lowest BCUT2D eigenvalue weighted by atomic mass is 10.1. The number of carboxylic acid groups (broad SMARTS) is 1. The van der Waals surface area contributed by atoms with Gasteiger partial charge in [0.2, 0.25) is 0 Å². The van der Waals surface area contributed by atoms with Crippen molar-refractivity contribution in [3.8, 4) is 23.0 Å². The van der Waals surface area contributed by atoms with Crippen molar-refractivity contribution in [2.45, 2.75) is 26.1 Å². The summed E-state index contributed by atoms with van der Waals surface area (Å²) in [5, 5.41) is 11.4. The highest BCUT2D eigenvalue weighted by Crippen LogP contribution is 2.38. The smallest absolute Gasteiger partial charge is 0.416 e. The molecule has 0 saturated heterocycles. The van der Waals surface area contributed by atoms with Gasteiger partial charge in [-0.05, 0) is 32.6 Å². The Morgan fingerprint density at radius 1 is 1.23 bits per heavy atom. The summed E-state index contributed by atoms with van der Waals surface area (Å²) >= 11 is 0. The second-order valence-corrected chi connectivity index (χ2v) is 13.4. The van der Waals surface area contributed by atoms with Crippen LogP contribution in [-0.4, -0.2) is 68.1 Å². The molecule has 31 heavy (non-hydrogen) atoms. The maximum atomic E-state index is 12.2. The third-order valence-corrected chi connectivity index (χ3v) is 5.59. The molecule has 3 rings (SSSR count). The second-order valence-electron chi connectivity index (χ2n) is 8.70. The first-order chi connectivity index (χ1) is 14.6. The molecule has 7 nitrogen and oxygen atoms in total. The van der Waals surface area contributed by atoms with Crippen molar-refractivity contribution in [3.05, 3.63) is 30.1 Å². The highest BCUT2D eigenvalue weighted by atomic mass is 28.3. The van der Waals surface area contributed by atoms with Gasteiger partial charge in [0.05, 0.1) is 24.8 Å². The maximum absolute atomic E-state index is 12.2. The van der Waals surface area contributed by atoms with Gasteiger partial charge in [0, 0.05) is 29.6 Å². The Morgan fingerprint density at radius 2 is 1.97 bits per heavy atom. The summed E-state index contributed by atoms with van der Waals surface area (Å²) in [5.74, 6) is 4.26. The molecule has 3 aromatic rings. The zero-order valence-corrected chi connectivity index (χ0v) is 19.9. The number of methoxy groups -OCH3 is 1. The molecule has 0 fully saturated rings. The van der Waals surface area contributed by atoms with Gasteiger partial charge in [0.15, 0.2) is 11.5 Å². The molecule has 0 saturated carbocycles. The predicted molar refractivity (Wildman–Crippen MR) is 126 cm³/mol. The predicted octanol–water partition coefficient (Wildman–Crippen LogP) is 4.28. The van der Waals surface area contributed by atoms with Crippen molar-refractivity contribution in [1.82, 2.24) is 14.5 Å². The fraction of sp³-hybridized carbons (Fsp3) is 0.391. The second kappa shape index (κ2) is 9.00. The molecule has 1 aromatic carbocycles. The molecule has 0 spiro atoms. The fourth-order valence-corrected chi connectivity index (χ4v) is 3.84. The molecule has 0 atom stereocenters. The van der Waals surface area contributed by atoms with Gasteiger partial charge in [-0.3, -0.25) is 0 Å². The van der Waals surface area contributed by atoms with E-state index in [0.717, 1.165) is 18.4 Å². The highest BCUT2D eigenvalue weighted by molar-refractivity contribution is 6.83. The minimum atomic E-state index is -1.64. The lowest BCUT2D eigenvalue weighted by Crippen LogP contribution is -2.16. The van der Waals surface area contributed by atoms with Crippen LogP contribution in [0.5, 0.6) is 11.5 Å². The number of benzene rings is 1. The van der Waals surface area contributed by atoms with Gasteiger partial charge in [0.1, 0.15) is 13.8 Å². The van der Waals surface area contributed by atoms with Crippen LogP contribution in [-0.2, 0) is 0 Å². The van der Waals surface area contributed by atoms with Crippen molar-refractivity contribution in [2.75, 3.05) is 34.4 Å². The van der Waals surface area contributed by atoms with Crippen molar-refractivity contribution in [1.29, 1.82) is 0 Å². The van der Waals surface area contributed by atoms with Crippen LogP contribution in [0.3, 0.4) is 0 Å². The minimum absolute atomic E-state index is 0.502. The Bertz CT molecular complexity index is 1180. The van der Waals surface area contributed by atoms with Gasteiger partial charge in [0.25, 0.3) is 0 Å². The van der Waals surface area contributed by atoms with Crippen molar-refractivity contribution >= 4 is 36.0 Å². The average molecular weight is 440 g/mol. The normalized spacial score (nSPS) is 11.6. The Hall–Kier alpha value is -3.02. The van der Waals surface area contributed by atoms with Crippen LogP contribution >= 0.6 is 0 Å². The Kier molecular flexibility index (Phi) is 6.58. The molecular weight excluding hydrogens is 410 g/mol. The lowest BCUT2D eigenvalue weighted by molar-refractivity contribution is 0.198. The number of pyridine rings is 1. The molecule has 1 N–H and O–H groups in total. The minimum Gasteiger partial charge on any atom is -0.493 e. The number of hydrogen-bond acceptors (Lipinski definition) is 5. The van der Waals surface area contributed by atoms with Crippen LogP contribution in [0, 0.1) is 11.5 Å². The zero-order valence-electron chi connectivity index (χ0n) is 18.9. The van der Waals surface area contributed by atoms with E-state index in [1.807, 2.05) is 20.2 Å². The summed E-state index contributed by atoms with van der Waals surface area (Å²) in [6.07, 6.45) is 1.38. The number of aromatic nitrogens is 2. The van der Waals surface area contributed by atoms with E-state index in [-0.39, 0.29) is 0 Å². The van der Waals surface area contributed by atoms with E-state index in [0.29, 0.717) is 40.2 Å². The number of carbonyl (C=O) groups is 1. The number of ether oxygens (including phenoxy) is 2. The fourth-order valence-electron chi connectivity index (χ4n) is 3.35. The first kappa shape index (κ1) is 22.7. The first-order valence-electron chi connectivity index (χ1n) is 10.2. The van der Waals surface area contributed by atoms with Gasteiger partial charge in [-0.1, -0.05) is 25.6 Å². The molecule has 8 heteroatoms. The van der Waals surface area contributed by atoms with Crippen LogP contribution in [0.25, 0.3) is 21.8 Å². The van der Waals surface area contributed by atoms with Crippen molar-refractivity contribution < 1.29 is 19.4 Å². The topological polar surface area (TPSA) is 76.8 Å². The Labute approximate surface area is 183 Å². The summed E-state index contributed by atoms with van der Waals surface area (Å²) in [6, 6.07) is 5.25. The number of fused-ring (bicyclic) bond motifs is 3. The molecule has 0 amide bonds. The van der Waals surface area contributed by atoms with E-state index < -0.39 is 14.2 Å². The van der Waals surface area contributed by atoms with Gasteiger partial charge in [-0.2, -0.15) is 0 Å². The van der Waals surface area contributed by atoms with Crippen molar-refractivity contribution in [3.63, 3.8) is 0 Å². The number of rotatable bonds is 6. The molecule has 0 aliphatic rings. The van der Waals surface area contributed by atoms with E-state index in [1.165, 1.54) is 4.57 Å². The van der Waals surface area contributed by atoms with Crippen LogP contribution in [0.4, 0.5) is 4.79 Å². The van der Waals surface area contributed by atoms with E-state index in [2.05, 4.69) is 41.0 Å². The third-order valence-electron chi connectivity index (χ3n) is 4.72. The quantitative estimate of drug-likeness (QED) is 0.351. The molecule has 164 valence electrons. The van der Waals surface area contributed by atoms with Gasteiger partial charge >= 0.3 is 6.09 Å². The van der Waals surface area contributed by atoms with E-state index in [9.17, 15) is 9.90 Å². The van der Waals surface area contributed by atoms with E-state index in [4.69, 9.17) is 9.47 Å². The molecule has 0 radical (unpaired) electrons. The maximum Gasteiger partial charge on any atom is 0.416 e. The first-order valence-corrected chi connectivity index (χ1v) is 13.7. The molecule has 0 aliphatic heterocycles. The summed E-state index contributed by atoms with van der Waals surface area (Å²) in [7, 11) is 3.96.